The summed E-state index contributed by atoms with van der Waals surface area (Å²) in [4.78, 5) is 11.3. The van der Waals surface area contributed by atoms with Crippen molar-refractivity contribution in [2.24, 2.45) is 0 Å². The van der Waals surface area contributed by atoms with Crippen LogP contribution < -0.4 is 5.73 Å². The number of nitrogen functional groups attached to an aromatic ring is 1. The highest BCUT2D eigenvalue weighted by atomic mass is 32.2. The molecule has 1 aromatic carbocycles. The molecule has 106 valence electrons. The number of nitrogens with zero attached hydrogens (tertiary/aromatic N) is 1. The van der Waals surface area contributed by atoms with E-state index in [1.165, 1.54) is 0 Å². The largest absolute Gasteiger partial charge is 0.466 e. The number of hydrogen-bond acceptors (Lipinski definition) is 4. The van der Waals surface area contributed by atoms with E-state index >= 15 is 0 Å². The molecular formula is C15H18N2O2S. The van der Waals surface area contributed by atoms with Gasteiger partial charge in [-0.1, -0.05) is 12.1 Å². The number of aromatic nitrogens is 1. The molecule has 0 amide bonds. The molecule has 0 aliphatic heterocycles. The van der Waals surface area contributed by atoms with Gasteiger partial charge in [-0.05, 0) is 31.2 Å². The molecule has 2 rings (SSSR count). The minimum absolute atomic E-state index is 0.155. The number of esters is 1. The van der Waals surface area contributed by atoms with Crippen LogP contribution in [0.3, 0.4) is 0 Å². The summed E-state index contributed by atoms with van der Waals surface area (Å²) in [6.45, 7) is 2.24. The first-order valence-electron chi connectivity index (χ1n) is 6.53. The summed E-state index contributed by atoms with van der Waals surface area (Å²) in [5.41, 5.74) is 7.68. The van der Waals surface area contributed by atoms with Crippen LogP contribution in [-0.4, -0.2) is 22.9 Å². The highest BCUT2D eigenvalue weighted by molar-refractivity contribution is 7.99. The van der Waals surface area contributed by atoms with E-state index in [1.54, 1.807) is 11.8 Å². The van der Waals surface area contributed by atoms with Gasteiger partial charge in [0.25, 0.3) is 0 Å². The number of nitrogens with two attached hydrogens (primary N) is 1. The lowest BCUT2D eigenvalue weighted by Gasteiger charge is -2.11. The lowest BCUT2D eigenvalue weighted by atomic mass is 10.3. The van der Waals surface area contributed by atoms with Crippen LogP contribution in [-0.2, 0) is 9.53 Å². The van der Waals surface area contributed by atoms with Crippen molar-refractivity contribution in [3.05, 3.63) is 42.6 Å². The summed E-state index contributed by atoms with van der Waals surface area (Å²) >= 11 is 1.62. The van der Waals surface area contributed by atoms with Crippen LogP contribution in [0.25, 0.3) is 5.69 Å². The van der Waals surface area contributed by atoms with Crippen molar-refractivity contribution < 1.29 is 9.53 Å². The Kier molecular flexibility index (Phi) is 5.12. The number of carbonyl (C=O) groups excluding carboxylic acids is 1. The minimum Gasteiger partial charge on any atom is -0.466 e. The summed E-state index contributed by atoms with van der Waals surface area (Å²) in [7, 11) is 0. The Morgan fingerprint density at radius 2 is 2.10 bits per heavy atom. The Balaban J connectivity index is 2.03. The third-order valence-corrected chi connectivity index (χ3v) is 3.81. The molecule has 0 saturated carbocycles. The fraction of sp³-hybridized carbons (Fsp3) is 0.267. The predicted molar refractivity (Wildman–Crippen MR) is 82.2 cm³/mol. The Labute approximate surface area is 122 Å². The molecule has 5 heteroatoms. The number of para-hydroxylation sites is 2. The van der Waals surface area contributed by atoms with Crippen LogP contribution in [0.4, 0.5) is 5.69 Å². The van der Waals surface area contributed by atoms with Crippen LogP contribution >= 0.6 is 11.8 Å². The zero-order valence-corrected chi connectivity index (χ0v) is 12.2. The molecule has 0 unspecified atom stereocenters. The van der Waals surface area contributed by atoms with Crippen molar-refractivity contribution in [1.82, 2.24) is 4.57 Å². The van der Waals surface area contributed by atoms with Gasteiger partial charge in [0.2, 0.25) is 0 Å². The first-order chi connectivity index (χ1) is 9.72. The molecule has 0 bridgehead atoms. The fourth-order valence-electron chi connectivity index (χ4n) is 1.86. The molecule has 1 aromatic heterocycles. The van der Waals surface area contributed by atoms with Crippen LogP contribution in [0.15, 0.2) is 47.6 Å². The maximum Gasteiger partial charge on any atom is 0.306 e. The topological polar surface area (TPSA) is 57.2 Å². The standard InChI is InChI=1S/C15H18N2O2S/c1-2-19-15(18)9-11-20-14-8-5-10-17(14)13-7-4-3-6-12(13)16/h3-8,10H,2,9,11,16H2,1H3. The van der Waals surface area contributed by atoms with Crippen molar-refractivity contribution in [2.75, 3.05) is 18.1 Å². The van der Waals surface area contributed by atoms with Crippen molar-refractivity contribution in [3.8, 4) is 5.69 Å². The Morgan fingerprint density at radius 3 is 2.85 bits per heavy atom. The van der Waals surface area contributed by atoms with Crippen LogP contribution in [0.5, 0.6) is 0 Å². The smallest absolute Gasteiger partial charge is 0.306 e. The summed E-state index contributed by atoms with van der Waals surface area (Å²) in [6.07, 6.45) is 2.38. The molecule has 20 heavy (non-hydrogen) atoms. The highest BCUT2D eigenvalue weighted by Crippen LogP contribution is 2.26. The second-order valence-electron chi connectivity index (χ2n) is 4.18. The zero-order valence-electron chi connectivity index (χ0n) is 11.4. The molecule has 1 heterocycles. The van der Waals surface area contributed by atoms with Crippen LogP contribution in [0.2, 0.25) is 0 Å². The number of rotatable bonds is 6. The molecule has 4 nitrogen and oxygen atoms in total. The number of carbonyl (C=O) groups is 1. The van der Waals surface area contributed by atoms with Gasteiger partial charge in [0.15, 0.2) is 0 Å². The Bertz CT molecular complexity index is 581. The van der Waals surface area contributed by atoms with Crippen molar-refractivity contribution >= 4 is 23.4 Å². The van der Waals surface area contributed by atoms with Gasteiger partial charge in [-0.25, -0.2) is 0 Å². The van der Waals surface area contributed by atoms with Gasteiger partial charge in [-0.15, -0.1) is 11.8 Å². The first-order valence-corrected chi connectivity index (χ1v) is 7.51. The van der Waals surface area contributed by atoms with E-state index in [1.807, 2.05) is 54.1 Å². The van der Waals surface area contributed by atoms with Gasteiger partial charge in [0, 0.05) is 11.9 Å². The van der Waals surface area contributed by atoms with E-state index in [9.17, 15) is 4.79 Å². The molecule has 2 N–H and O–H groups in total. The number of hydrogen-bond donors (Lipinski definition) is 1. The summed E-state index contributed by atoms with van der Waals surface area (Å²) in [6, 6.07) is 11.7. The number of ether oxygens (including phenoxy) is 1. The lowest BCUT2D eigenvalue weighted by Crippen LogP contribution is -2.05. The Morgan fingerprint density at radius 1 is 1.30 bits per heavy atom. The second-order valence-corrected chi connectivity index (χ2v) is 5.29. The lowest BCUT2D eigenvalue weighted by molar-refractivity contribution is -0.142. The van der Waals surface area contributed by atoms with Gasteiger partial charge >= 0.3 is 5.97 Å². The SMILES string of the molecule is CCOC(=O)CCSc1cccn1-c1ccccc1N. The number of benzene rings is 1. The van der Waals surface area contributed by atoms with E-state index in [0.717, 1.165) is 16.4 Å². The van der Waals surface area contributed by atoms with E-state index in [-0.39, 0.29) is 5.97 Å². The average Bonchev–Trinajstić information content (AvgIpc) is 2.88. The van der Waals surface area contributed by atoms with Crippen molar-refractivity contribution in [3.63, 3.8) is 0 Å². The second kappa shape index (κ2) is 7.05. The third kappa shape index (κ3) is 3.57. The number of anilines is 1. The van der Waals surface area contributed by atoms with E-state index < -0.39 is 0 Å². The van der Waals surface area contributed by atoms with Gasteiger partial charge in [-0.3, -0.25) is 4.79 Å². The molecule has 0 aliphatic rings. The van der Waals surface area contributed by atoms with E-state index in [0.29, 0.717) is 18.8 Å². The quantitative estimate of drug-likeness (QED) is 0.504. The molecule has 2 aromatic rings. The van der Waals surface area contributed by atoms with Crippen molar-refractivity contribution in [1.29, 1.82) is 0 Å². The number of thioether (sulfide) groups is 1. The van der Waals surface area contributed by atoms with Crippen molar-refractivity contribution in [2.45, 2.75) is 18.4 Å². The maximum absolute atomic E-state index is 11.3. The molecule has 0 atom stereocenters. The molecule has 0 saturated heterocycles. The fourth-order valence-corrected chi connectivity index (χ4v) is 2.81. The van der Waals surface area contributed by atoms with Gasteiger partial charge in [0.1, 0.15) is 0 Å². The molecule has 0 spiro atoms. The molecule has 0 radical (unpaired) electrons. The zero-order chi connectivity index (χ0) is 14.4. The maximum atomic E-state index is 11.3. The normalized spacial score (nSPS) is 10.4. The first kappa shape index (κ1) is 14.5. The van der Waals surface area contributed by atoms with Crippen LogP contribution in [0.1, 0.15) is 13.3 Å². The summed E-state index contributed by atoms with van der Waals surface area (Å²) in [5.74, 6) is 0.535. The summed E-state index contributed by atoms with van der Waals surface area (Å²) < 4.78 is 6.95. The average molecular weight is 290 g/mol. The van der Waals surface area contributed by atoms with Gasteiger partial charge in [0.05, 0.1) is 29.4 Å². The molecular weight excluding hydrogens is 272 g/mol. The summed E-state index contributed by atoms with van der Waals surface area (Å²) in [5, 5.41) is 1.06. The molecule has 0 fully saturated rings. The highest BCUT2D eigenvalue weighted by Gasteiger charge is 2.08. The predicted octanol–water partition coefficient (Wildman–Crippen LogP) is 3.10. The van der Waals surface area contributed by atoms with Gasteiger partial charge < -0.3 is 15.0 Å². The monoisotopic (exact) mass is 290 g/mol. The van der Waals surface area contributed by atoms with Crippen LogP contribution in [0, 0.1) is 0 Å². The van der Waals surface area contributed by atoms with E-state index in [4.69, 9.17) is 10.5 Å². The molecule has 0 aliphatic carbocycles. The van der Waals surface area contributed by atoms with E-state index in [2.05, 4.69) is 0 Å². The minimum atomic E-state index is -0.155. The Hall–Kier alpha value is -1.88. The van der Waals surface area contributed by atoms with Gasteiger partial charge in [-0.2, -0.15) is 0 Å². The third-order valence-electron chi connectivity index (χ3n) is 2.77.